The van der Waals surface area contributed by atoms with E-state index in [-0.39, 0.29) is 12.1 Å². The quantitative estimate of drug-likeness (QED) is 0.812. The molecule has 0 saturated carbocycles. The fourth-order valence-corrected chi connectivity index (χ4v) is 4.14. The van der Waals surface area contributed by atoms with Crippen molar-refractivity contribution in [3.05, 3.63) is 71.3 Å². The molecule has 2 aromatic carbocycles. The second kappa shape index (κ2) is 6.22. The number of fused-ring (bicyclic) bond motifs is 1. The second-order valence-corrected chi connectivity index (χ2v) is 7.67. The number of hydrogen-bond donors (Lipinski definition) is 0. The van der Waals surface area contributed by atoms with Crippen LogP contribution >= 0.6 is 0 Å². The lowest BCUT2D eigenvalue weighted by atomic mass is 10.0. The van der Waals surface area contributed by atoms with Crippen LogP contribution in [0.15, 0.2) is 54.6 Å². The highest BCUT2D eigenvalue weighted by atomic mass is 32.2. The first-order valence-electron chi connectivity index (χ1n) is 7.64. The van der Waals surface area contributed by atoms with Crippen LogP contribution in [0.25, 0.3) is 6.08 Å². The molecule has 1 atom stereocenters. The van der Waals surface area contributed by atoms with Gasteiger partial charge in [-0.05, 0) is 36.1 Å². The normalized spacial score (nSPS) is 17.9. The molecule has 3 rings (SSSR count). The average Bonchev–Trinajstić information content (AvgIpc) is 2.93. The Morgan fingerprint density at radius 2 is 1.76 bits per heavy atom. The second-order valence-electron chi connectivity index (χ2n) is 5.86. The standard InChI is InChI=1S/C18H16F3NO2S/c1-13-6-5-9-17-16(13)12-15(11-10-14-7-3-2-4-8-14)22(17)25(23,24)18(19,20)21/h2-11,15H,12H2,1H3/b11-10+/t15-/m1/s1. The molecular weight excluding hydrogens is 351 g/mol. The minimum atomic E-state index is -5.48. The Hall–Kier alpha value is -2.28. The molecule has 25 heavy (non-hydrogen) atoms. The highest BCUT2D eigenvalue weighted by molar-refractivity contribution is 7.93. The number of benzene rings is 2. The smallest absolute Gasteiger partial charge is 0.255 e. The summed E-state index contributed by atoms with van der Waals surface area (Å²) in [5.74, 6) is 0. The maximum absolute atomic E-state index is 13.2. The van der Waals surface area contributed by atoms with Crippen molar-refractivity contribution in [1.82, 2.24) is 0 Å². The molecule has 0 saturated heterocycles. The maximum atomic E-state index is 13.2. The van der Waals surface area contributed by atoms with Crippen molar-refractivity contribution in [2.45, 2.75) is 24.9 Å². The first-order valence-corrected chi connectivity index (χ1v) is 9.08. The van der Waals surface area contributed by atoms with Gasteiger partial charge in [-0.3, -0.25) is 4.31 Å². The molecule has 0 aromatic heterocycles. The maximum Gasteiger partial charge on any atom is 0.516 e. The van der Waals surface area contributed by atoms with Gasteiger partial charge >= 0.3 is 15.5 Å². The van der Waals surface area contributed by atoms with E-state index in [1.54, 1.807) is 49.4 Å². The van der Waals surface area contributed by atoms with Gasteiger partial charge in [0.25, 0.3) is 0 Å². The fraction of sp³-hybridized carbons (Fsp3) is 0.222. The van der Waals surface area contributed by atoms with Crippen LogP contribution in [0.4, 0.5) is 18.9 Å². The molecule has 0 aliphatic carbocycles. The van der Waals surface area contributed by atoms with Gasteiger partial charge in [0, 0.05) is 0 Å². The molecule has 0 fully saturated rings. The summed E-state index contributed by atoms with van der Waals surface area (Å²) >= 11 is 0. The predicted molar refractivity (Wildman–Crippen MR) is 91.6 cm³/mol. The first-order chi connectivity index (χ1) is 11.7. The highest BCUT2D eigenvalue weighted by Gasteiger charge is 2.53. The largest absolute Gasteiger partial charge is 0.516 e. The summed E-state index contributed by atoms with van der Waals surface area (Å²) < 4.78 is 64.2. The number of alkyl halides is 3. The molecule has 1 aliphatic rings. The Kier molecular flexibility index (Phi) is 4.36. The number of aryl methyl sites for hydroxylation is 1. The van der Waals surface area contributed by atoms with Gasteiger partial charge < -0.3 is 0 Å². The van der Waals surface area contributed by atoms with Gasteiger partial charge in [0.1, 0.15) is 0 Å². The topological polar surface area (TPSA) is 37.4 Å². The Morgan fingerprint density at radius 1 is 1.08 bits per heavy atom. The molecule has 1 heterocycles. The van der Waals surface area contributed by atoms with Gasteiger partial charge in [-0.15, -0.1) is 0 Å². The zero-order valence-electron chi connectivity index (χ0n) is 13.4. The fourth-order valence-electron chi connectivity index (χ4n) is 2.98. The molecule has 0 N–H and O–H groups in total. The first kappa shape index (κ1) is 17.5. The lowest BCUT2D eigenvalue weighted by Crippen LogP contribution is -2.44. The Balaban J connectivity index is 2.06. The number of sulfonamides is 1. The Morgan fingerprint density at radius 3 is 2.40 bits per heavy atom. The zero-order valence-corrected chi connectivity index (χ0v) is 14.2. The van der Waals surface area contributed by atoms with Crippen molar-refractivity contribution in [2.75, 3.05) is 4.31 Å². The van der Waals surface area contributed by atoms with E-state index in [9.17, 15) is 21.6 Å². The molecule has 2 aromatic rings. The van der Waals surface area contributed by atoms with E-state index in [4.69, 9.17) is 0 Å². The van der Waals surface area contributed by atoms with Crippen LogP contribution in [0.1, 0.15) is 16.7 Å². The van der Waals surface area contributed by atoms with Crippen molar-refractivity contribution in [3.63, 3.8) is 0 Å². The molecule has 3 nitrogen and oxygen atoms in total. The third-order valence-electron chi connectivity index (χ3n) is 4.20. The molecule has 1 aliphatic heterocycles. The lowest BCUT2D eigenvalue weighted by molar-refractivity contribution is -0.0439. The number of halogens is 3. The summed E-state index contributed by atoms with van der Waals surface area (Å²) in [6.07, 6.45) is 3.36. The number of hydrogen-bond acceptors (Lipinski definition) is 2. The van der Waals surface area contributed by atoms with Gasteiger partial charge in [0.15, 0.2) is 0 Å². The van der Waals surface area contributed by atoms with Crippen LogP contribution in [-0.4, -0.2) is 20.0 Å². The molecule has 0 unspecified atom stereocenters. The number of nitrogens with zero attached hydrogens (tertiary/aromatic N) is 1. The van der Waals surface area contributed by atoms with Gasteiger partial charge in [0.2, 0.25) is 0 Å². The van der Waals surface area contributed by atoms with Crippen molar-refractivity contribution >= 4 is 21.8 Å². The van der Waals surface area contributed by atoms with E-state index < -0.39 is 21.6 Å². The average molecular weight is 367 g/mol. The molecule has 132 valence electrons. The van der Waals surface area contributed by atoms with Crippen LogP contribution in [-0.2, 0) is 16.4 Å². The lowest BCUT2D eigenvalue weighted by Gasteiger charge is -2.26. The van der Waals surface area contributed by atoms with Gasteiger partial charge in [0.05, 0.1) is 11.7 Å². The summed E-state index contributed by atoms with van der Waals surface area (Å²) in [6, 6.07) is 12.9. The zero-order chi connectivity index (χ0) is 18.2. The molecule has 7 heteroatoms. The van der Waals surface area contributed by atoms with Gasteiger partial charge in [-0.25, -0.2) is 0 Å². The van der Waals surface area contributed by atoms with Crippen LogP contribution in [0, 0.1) is 6.92 Å². The van der Waals surface area contributed by atoms with Gasteiger partial charge in [-0.1, -0.05) is 54.6 Å². The van der Waals surface area contributed by atoms with Crippen LogP contribution < -0.4 is 4.31 Å². The molecule has 0 amide bonds. The predicted octanol–water partition coefficient (Wildman–Crippen LogP) is 4.29. The van der Waals surface area contributed by atoms with Crippen molar-refractivity contribution in [1.29, 1.82) is 0 Å². The highest BCUT2D eigenvalue weighted by Crippen LogP contribution is 2.41. The van der Waals surface area contributed by atoms with E-state index in [1.807, 2.05) is 6.07 Å². The molecule has 0 radical (unpaired) electrons. The van der Waals surface area contributed by atoms with Crippen molar-refractivity contribution in [3.8, 4) is 0 Å². The third-order valence-corrected chi connectivity index (χ3v) is 5.77. The van der Waals surface area contributed by atoms with E-state index in [2.05, 4.69) is 0 Å². The van der Waals surface area contributed by atoms with E-state index in [0.717, 1.165) is 11.1 Å². The summed E-state index contributed by atoms with van der Waals surface area (Å²) in [4.78, 5) is 0. The summed E-state index contributed by atoms with van der Waals surface area (Å²) in [6.45, 7) is 1.76. The van der Waals surface area contributed by atoms with E-state index in [1.165, 1.54) is 12.1 Å². The van der Waals surface area contributed by atoms with Crippen LogP contribution in [0.2, 0.25) is 0 Å². The number of rotatable bonds is 3. The molecule has 0 bridgehead atoms. The van der Waals surface area contributed by atoms with Crippen LogP contribution in [0.3, 0.4) is 0 Å². The number of anilines is 1. The monoisotopic (exact) mass is 367 g/mol. The minimum Gasteiger partial charge on any atom is -0.255 e. The summed E-state index contributed by atoms with van der Waals surface area (Å²) in [7, 11) is -5.48. The minimum absolute atomic E-state index is 0.0973. The van der Waals surface area contributed by atoms with Crippen molar-refractivity contribution < 1.29 is 21.6 Å². The van der Waals surface area contributed by atoms with Crippen LogP contribution in [0.5, 0.6) is 0 Å². The Labute approximate surface area is 144 Å². The van der Waals surface area contributed by atoms with E-state index >= 15 is 0 Å². The molecule has 0 spiro atoms. The third kappa shape index (κ3) is 3.16. The van der Waals surface area contributed by atoms with Gasteiger partial charge in [-0.2, -0.15) is 21.6 Å². The SMILES string of the molecule is Cc1cccc2c1C[C@@H](/C=C/c1ccccc1)N2S(=O)(=O)C(F)(F)F. The van der Waals surface area contributed by atoms with E-state index in [0.29, 0.717) is 9.87 Å². The summed E-state index contributed by atoms with van der Waals surface area (Å²) in [5.41, 5.74) is -3.06. The molecular formula is C18H16F3NO2S. The Bertz CT molecular complexity index is 906. The van der Waals surface area contributed by atoms with Crippen molar-refractivity contribution in [2.24, 2.45) is 0 Å². The summed E-state index contributed by atoms with van der Waals surface area (Å²) in [5, 5.41) is 0.